The zero-order valence-electron chi connectivity index (χ0n) is 8.43. The van der Waals surface area contributed by atoms with E-state index >= 15 is 0 Å². The smallest absolute Gasteiger partial charge is 0.184 e. The second-order valence-electron chi connectivity index (χ2n) is 3.27. The third kappa shape index (κ3) is 2.72. The van der Waals surface area contributed by atoms with E-state index in [1.54, 1.807) is 5.38 Å². The highest BCUT2D eigenvalue weighted by atomic mass is 35.5. The largest absolute Gasteiger partial charge is 0.394 e. The van der Waals surface area contributed by atoms with Crippen LogP contribution in [-0.2, 0) is 0 Å². The van der Waals surface area contributed by atoms with Crippen LogP contribution in [0.1, 0.15) is 11.6 Å². The average molecular weight is 255 g/mol. The summed E-state index contributed by atoms with van der Waals surface area (Å²) in [5.41, 5.74) is 1.02. The molecule has 0 aliphatic heterocycles. The van der Waals surface area contributed by atoms with Gasteiger partial charge in [-0.05, 0) is 5.56 Å². The number of hydrogen-bond acceptors (Lipinski definition) is 4. The number of anilines is 1. The van der Waals surface area contributed by atoms with Crippen LogP contribution >= 0.6 is 22.9 Å². The summed E-state index contributed by atoms with van der Waals surface area (Å²) in [7, 11) is 0. The van der Waals surface area contributed by atoms with Gasteiger partial charge in [0.2, 0.25) is 0 Å². The Labute approximate surface area is 103 Å². The molecule has 84 valence electrons. The Hall–Kier alpha value is -1.10. The standard InChI is InChI=1S/C11H11ClN2OS/c12-10-7-16-11(14-10)13-9(6-15)8-4-2-1-3-5-8/h1-5,7,9,15H,6H2,(H,13,14). The highest BCUT2D eigenvalue weighted by Gasteiger charge is 2.11. The number of nitrogens with zero attached hydrogens (tertiary/aromatic N) is 1. The Bertz CT molecular complexity index is 446. The molecule has 3 nitrogen and oxygen atoms in total. The average Bonchev–Trinajstić information content (AvgIpc) is 2.73. The predicted octanol–water partition coefficient (Wildman–Crippen LogP) is 2.94. The molecular weight excluding hydrogens is 244 g/mol. The molecule has 1 aromatic carbocycles. The van der Waals surface area contributed by atoms with Crippen LogP contribution in [0.3, 0.4) is 0 Å². The van der Waals surface area contributed by atoms with Gasteiger partial charge in [0.15, 0.2) is 5.13 Å². The van der Waals surface area contributed by atoms with E-state index in [1.807, 2.05) is 30.3 Å². The molecule has 0 amide bonds. The number of benzene rings is 1. The molecule has 0 saturated carbocycles. The Morgan fingerprint density at radius 1 is 1.38 bits per heavy atom. The summed E-state index contributed by atoms with van der Waals surface area (Å²) in [5, 5.41) is 15.4. The van der Waals surface area contributed by atoms with Crippen LogP contribution < -0.4 is 5.32 Å². The first-order valence-corrected chi connectivity index (χ1v) is 6.08. The molecule has 1 atom stereocenters. The van der Waals surface area contributed by atoms with Crippen LogP contribution in [0, 0.1) is 0 Å². The Morgan fingerprint density at radius 2 is 2.12 bits per heavy atom. The number of hydrogen-bond donors (Lipinski definition) is 2. The summed E-state index contributed by atoms with van der Waals surface area (Å²) >= 11 is 7.15. The zero-order chi connectivity index (χ0) is 11.4. The normalized spacial score (nSPS) is 12.4. The van der Waals surface area contributed by atoms with Crippen molar-refractivity contribution in [3.63, 3.8) is 0 Å². The molecule has 1 unspecified atom stereocenters. The number of nitrogens with one attached hydrogen (secondary N) is 1. The first-order chi connectivity index (χ1) is 7.79. The third-order valence-corrected chi connectivity index (χ3v) is 3.25. The van der Waals surface area contributed by atoms with Crippen molar-refractivity contribution in [3.8, 4) is 0 Å². The van der Waals surface area contributed by atoms with Gasteiger partial charge in [-0.3, -0.25) is 0 Å². The first-order valence-electron chi connectivity index (χ1n) is 4.83. The van der Waals surface area contributed by atoms with Gasteiger partial charge in [0.1, 0.15) is 5.15 Å². The van der Waals surface area contributed by atoms with Crippen molar-refractivity contribution in [1.82, 2.24) is 4.98 Å². The summed E-state index contributed by atoms with van der Waals surface area (Å²) < 4.78 is 0. The highest BCUT2D eigenvalue weighted by molar-refractivity contribution is 7.14. The van der Waals surface area contributed by atoms with Crippen LogP contribution in [-0.4, -0.2) is 16.7 Å². The monoisotopic (exact) mass is 254 g/mol. The van der Waals surface area contributed by atoms with E-state index in [-0.39, 0.29) is 12.6 Å². The van der Waals surface area contributed by atoms with Crippen LogP contribution in [0.2, 0.25) is 5.15 Å². The molecule has 0 fully saturated rings. The number of rotatable bonds is 4. The molecule has 16 heavy (non-hydrogen) atoms. The highest BCUT2D eigenvalue weighted by Crippen LogP contribution is 2.24. The van der Waals surface area contributed by atoms with Crippen molar-refractivity contribution in [2.45, 2.75) is 6.04 Å². The van der Waals surface area contributed by atoms with Gasteiger partial charge in [-0.25, -0.2) is 4.98 Å². The molecule has 0 aliphatic rings. The van der Waals surface area contributed by atoms with Gasteiger partial charge in [-0.1, -0.05) is 41.9 Å². The predicted molar refractivity (Wildman–Crippen MR) is 67.0 cm³/mol. The van der Waals surface area contributed by atoms with Gasteiger partial charge >= 0.3 is 0 Å². The van der Waals surface area contributed by atoms with E-state index < -0.39 is 0 Å². The van der Waals surface area contributed by atoms with E-state index in [0.717, 1.165) is 5.56 Å². The van der Waals surface area contributed by atoms with Crippen molar-refractivity contribution in [2.75, 3.05) is 11.9 Å². The molecule has 0 bridgehead atoms. The Kier molecular flexibility index (Phi) is 3.77. The van der Waals surface area contributed by atoms with E-state index in [2.05, 4.69) is 10.3 Å². The SMILES string of the molecule is OCC(Nc1nc(Cl)cs1)c1ccccc1. The molecule has 0 aliphatic carbocycles. The van der Waals surface area contributed by atoms with Crippen LogP contribution in [0.4, 0.5) is 5.13 Å². The number of aliphatic hydroxyl groups is 1. The number of thiazole rings is 1. The van der Waals surface area contributed by atoms with Crippen molar-refractivity contribution in [2.24, 2.45) is 0 Å². The first kappa shape index (κ1) is 11.4. The number of halogens is 1. The number of aliphatic hydroxyl groups excluding tert-OH is 1. The number of aromatic nitrogens is 1. The second kappa shape index (κ2) is 5.30. The lowest BCUT2D eigenvalue weighted by atomic mass is 10.1. The quantitative estimate of drug-likeness (QED) is 0.882. The summed E-state index contributed by atoms with van der Waals surface area (Å²) in [6, 6.07) is 9.59. The minimum absolute atomic E-state index is 0.0151. The molecule has 2 rings (SSSR count). The second-order valence-corrected chi connectivity index (χ2v) is 4.51. The van der Waals surface area contributed by atoms with Crippen LogP contribution in [0.15, 0.2) is 35.7 Å². The molecule has 2 N–H and O–H groups in total. The summed E-state index contributed by atoms with van der Waals surface area (Å²) in [4.78, 5) is 4.09. The van der Waals surface area contributed by atoms with Gasteiger partial charge in [0.05, 0.1) is 12.6 Å². The fraction of sp³-hybridized carbons (Fsp3) is 0.182. The summed E-state index contributed by atoms with van der Waals surface area (Å²) in [6.07, 6.45) is 0. The van der Waals surface area contributed by atoms with Crippen LogP contribution in [0.5, 0.6) is 0 Å². The third-order valence-electron chi connectivity index (χ3n) is 2.16. The van der Waals surface area contributed by atoms with Gasteiger partial charge < -0.3 is 10.4 Å². The molecular formula is C11H11ClN2OS. The van der Waals surface area contributed by atoms with Crippen molar-refractivity contribution >= 4 is 28.1 Å². The molecule has 0 saturated heterocycles. The molecule has 1 heterocycles. The topological polar surface area (TPSA) is 45.1 Å². The lowest BCUT2D eigenvalue weighted by molar-refractivity contribution is 0.276. The van der Waals surface area contributed by atoms with E-state index in [9.17, 15) is 5.11 Å². The molecule has 5 heteroatoms. The fourth-order valence-corrected chi connectivity index (χ4v) is 2.28. The maximum atomic E-state index is 9.33. The Morgan fingerprint density at radius 3 is 2.69 bits per heavy atom. The molecule has 0 spiro atoms. The van der Waals surface area contributed by atoms with Gasteiger partial charge in [-0.2, -0.15) is 0 Å². The summed E-state index contributed by atoms with van der Waals surface area (Å²) in [5.74, 6) is 0. The van der Waals surface area contributed by atoms with Gasteiger partial charge in [0.25, 0.3) is 0 Å². The van der Waals surface area contributed by atoms with E-state index in [4.69, 9.17) is 11.6 Å². The maximum Gasteiger partial charge on any atom is 0.184 e. The van der Waals surface area contributed by atoms with Crippen molar-refractivity contribution in [1.29, 1.82) is 0 Å². The minimum Gasteiger partial charge on any atom is -0.394 e. The zero-order valence-corrected chi connectivity index (χ0v) is 10.0. The van der Waals surface area contributed by atoms with E-state index in [1.165, 1.54) is 11.3 Å². The maximum absolute atomic E-state index is 9.33. The van der Waals surface area contributed by atoms with Crippen molar-refractivity contribution in [3.05, 3.63) is 46.4 Å². The van der Waals surface area contributed by atoms with Crippen molar-refractivity contribution < 1.29 is 5.11 Å². The minimum atomic E-state index is -0.150. The molecule has 2 aromatic rings. The van der Waals surface area contributed by atoms with E-state index in [0.29, 0.717) is 10.3 Å². The van der Waals surface area contributed by atoms with Gasteiger partial charge in [-0.15, -0.1) is 11.3 Å². The molecule has 1 aromatic heterocycles. The summed E-state index contributed by atoms with van der Waals surface area (Å²) in [6.45, 7) is 0.0151. The fourth-order valence-electron chi connectivity index (χ4n) is 1.39. The Balaban J connectivity index is 2.12. The van der Waals surface area contributed by atoms with Gasteiger partial charge in [0, 0.05) is 5.38 Å². The molecule has 0 radical (unpaired) electrons. The lowest BCUT2D eigenvalue weighted by Crippen LogP contribution is -2.14. The lowest BCUT2D eigenvalue weighted by Gasteiger charge is -2.15. The van der Waals surface area contributed by atoms with Crippen LogP contribution in [0.25, 0.3) is 0 Å².